The SMILES string of the molecule is Cc1cc(Cl)ccc1-c1nc(Cl)c2c(Cl)ccc(F)c2n1. The number of benzene rings is 2. The number of rotatable bonds is 1. The second kappa shape index (κ2) is 5.41. The van der Waals surface area contributed by atoms with Gasteiger partial charge in [-0.05, 0) is 42.8 Å². The predicted octanol–water partition coefficient (Wildman–Crippen LogP) is 5.70. The molecule has 0 saturated carbocycles. The molecule has 21 heavy (non-hydrogen) atoms. The molecule has 0 bridgehead atoms. The van der Waals surface area contributed by atoms with Crippen LogP contribution in [-0.4, -0.2) is 9.97 Å². The number of hydrogen-bond donors (Lipinski definition) is 0. The van der Waals surface area contributed by atoms with Crippen LogP contribution in [0, 0.1) is 12.7 Å². The minimum absolute atomic E-state index is 0.104. The van der Waals surface area contributed by atoms with Crippen LogP contribution >= 0.6 is 34.8 Å². The summed E-state index contributed by atoms with van der Waals surface area (Å²) in [4.78, 5) is 8.48. The molecule has 0 amide bonds. The molecule has 0 unspecified atom stereocenters. The number of nitrogens with zero attached hydrogens (tertiary/aromatic N) is 2. The summed E-state index contributed by atoms with van der Waals surface area (Å²) in [5, 5.41) is 1.36. The summed E-state index contributed by atoms with van der Waals surface area (Å²) in [5.74, 6) is -0.158. The van der Waals surface area contributed by atoms with Gasteiger partial charge >= 0.3 is 0 Å². The fraction of sp³-hybridized carbons (Fsp3) is 0.0667. The molecule has 1 heterocycles. The lowest BCUT2D eigenvalue weighted by Gasteiger charge is -2.09. The summed E-state index contributed by atoms with van der Waals surface area (Å²) in [5.41, 5.74) is 1.72. The van der Waals surface area contributed by atoms with Gasteiger partial charge in [0.1, 0.15) is 16.5 Å². The largest absolute Gasteiger partial charge is 0.225 e. The summed E-state index contributed by atoms with van der Waals surface area (Å²) in [6.45, 7) is 1.87. The van der Waals surface area contributed by atoms with Crippen molar-refractivity contribution in [1.29, 1.82) is 0 Å². The molecule has 2 aromatic carbocycles. The Balaban J connectivity index is 2.33. The van der Waals surface area contributed by atoms with Gasteiger partial charge in [-0.15, -0.1) is 0 Å². The molecule has 106 valence electrons. The molecule has 0 N–H and O–H groups in total. The van der Waals surface area contributed by atoms with Gasteiger partial charge in [-0.1, -0.05) is 34.8 Å². The van der Waals surface area contributed by atoms with E-state index in [4.69, 9.17) is 34.8 Å². The monoisotopic (exact) mass is 340 g/mol. The van der Waals surface area contributed by atoms with E-state index in [1.165, 1.54) is 12.1 Å². The molecule has 0 aliphatic rings. The lowest BCUT2D eigenvalue weighted by molar-refractivity contribution is 0.636. The van der Waals surface area contributed by atoms with Gasteiger partial charge < -0.3 is 0 Å². The maximum atomic E-state index is 14.0. The standard InChI is InChI=1S/C15H8Cl3FN2/c1-7-6-8(16)2-3-9(7)15-20-13-11(19)5-4-10(17)12(13)14(18)21-15/h2-6H,1H3. The Labute approximate surface area is 135 Å². The summed E-state index contributed by atoms with van der Waals surface area (Å²) in [6, 6.07) is 7.97. The first-order valence-electron chi connectivity index (χ1n) is 6.05. The highest BCUT2D eigenvalue weighted by Crippen LogP contribution is 2.33. The van der Waals surface area contributed by atoms with Gasteiger partial charge in [0, 0.05) is 10.6 Å². The maximum absolute atomic E-state index is 14.0. The number of aryl methyl sites for hydroxylation is 1. The molecule has 1 aromatic heterocycles. The topological polar surface area (TPSA) is 25.8 Å². The van der Waals surface area contributed by atoms with Crippen molar-refractivity contribution in [2.45, 2.75) is 6.92 Å². The quantitative estimate of drug-likeness (QED) is 0.530. The van der Waals surface area contributed by atoms with E-state index in [0.717, 1.165) is 11.1 Å². The van der Waals surface area contributed by atoms with Crippen LogP contribution < -0.4 is 0 Å². The molecule has 3 rings (SSSR count). The molecule has 6 heteroatoms. The summed E-state index contributed by atoms with van der Waals surface area (Å²) in [6.07, 6.45) is 0. The Kier molecular flexibility index (Phi) is 3.74. The first-order chi connectivity index (χ1) is 9.97. The van der Waals surface area contributed by atoms with Gasteiger partial charge in [-0.25, -0.2) is 14.4 Å². The highest BCUT2D eigenvalue weighted by atomic mass is 35.5. The normalized spacial score (nSPS) is 11.1. The van der Waals surface area contributed by atoms with Gasteiger partial charge in [-0.3, -0.25) is 0 Å². The Hall–Kier alpha value is -1.42. The third-order valence-corrected chi connectivity index (χ3v) is 3.96. The lowest BCUT2D eigenvalue weighted by atomic mass is 10.1. The van der Waals surface area contributed by atoms with Gasteiger partial charge in [0.05, 0.1) is 10.4 Å². The second-order valence-electron chi connectivity index (χ2n) is 4.55. The maximum Gasteiger partial charge on any atom is 0.161 e. The predicted molar refractivity (Wildman–Crippen MR) is 84.7 cm³/mol. The first-order valence-corrected chi connectivity index (χ1v) is 7.18. The van der Waals surface area contributed by atoms with Crippen molar-refractivity contribution in [3.05, 3.63) is 56.9 Å². The molecule has 0 saturated heterocycles. The molecule has 0 radical (unpaired) electrons. The van der Waals surface area contributed by atoms with Crippen LogP contribution in [0.25, 0.3) is 22.3 Å². The van der Waals surface area contributed by atoms with E-state index in [-0.39, 0.29) is 10.7 Å². The van der Waals surface area contributed by atoms with Crippen molar-refractivity contribution in [1.82, 2.24) is 9.97 Å². The van der Waals surface area contributed by atoms with E-state index in [1.807, 2.05) is 6.92 Å². The van der Waals surface area contributed by atoms with Crippen LogP contribution in [0.4, 0.5) is 4.39 Å². The minimum Gasteiger partial charge on any atom is -0.225 e. The second-order valence-corrected chi connectivity index (χ2v) is 5.75. The smallest absolute Gasteiger partial charge is 0.161 e. The van der Waals surface area contributed by atoms with Gasteiger partial charge in [-0.2, -0.15) is 0 Å². The molecule has 2 nitrogen and oxygen atoms in total. The molecule has 0 spiro atoms. The number of aromatic nitrogens is 2. The molecular weight excluding hydrogens is 334 g/mol. The summed E-state index contributed by atoms with van der Waals surface area (Å²) < 4.78 is 14.0. The Bertz CT molecular complexity index is 865. The van der Waals surface area contributed by atoms with Crippen molar-refractivity contribution < 1.29 is 4.39 Å². The van der Waals surface area contributed by atoms with Crippen molar-refractivity contribution >= 4 is 45.7 Å². The summed E-state index contributed by atoms with van der Waals surface area (Å²) in [7, 11) is 0. The minimum atomic E-state index is -0.494. The van der Waals surface area contributed by atoms with E-state index in [2.05, 4.69) is 9.97 Å². The van der Waals surface area contributed by atoms with Crippen LogP contribution in [0.2, 0.25) is 15.2 Å². The molecule has 0 aliphatic heterocycles. The van der Waals surface area contributed by atoms with Crippen LogP contribution in [0.15, 0.2) is 30.3 Å². The Morgan fingerprint density at radius 1 is 1.00 bits per heavy atom. The van der Waals surface area contributed by atoms with E-state index >= 15 is 0 Å². The molecule has 0 aliphatic carbocycles. The van der Waals surface area contributed by atoms with Crippen LogP contribution in [0.1, 0.15) is 5.56 Å². The first kappa shape index (κ1) is 14.5. The fourth-order valence-electron chi connectivity index (χ4n) is 2.12. The Morgan fingerprint density at radius 2 is 1.76 bits per heavy atom. The van der Waals surface area contributed by atoms with Crippen LogP contribution in [0.3, 0.4) is 0 Å². The Morgan fingerprint density at radius 3 is 2.48 bits per heavy atom. The third-order valence-electron chi connectivity index (χ3n) is 3.14. The highest BCUT2D eigenvalue weighted by molar-refractivity contribution is 6.41. The van der Waals surface area contributed by atoms with Crippen molar-refractivity contribution in [3.63, 3.8) is 0 Å². The van der Waals surface area contributed by atoms with Crippen LogP contribution in [0.5, 0.6) is 0 Å². The van der Waals surface area contributed by atoms with E-state index in [1.54, 1.807) is 18.2 Å². The third kappa shape index (κ3) is 2.57. The molecular formula is C15H8Cl3FN2. The molecule has 0 fully saturated rings. The molecule has 0 atom stereocenters. The number of fused-ring (bicyclic) bond motifs is 1. The fourth-order valence-corrected chi connectivity index (χ4v) is 2.91. The zero-order valence-corrected chi connectivity index (χ0v) is 13.1. The van der Waals surface area contributed by atoms with Gasteiger partial charge in [0.15, 0.2) is 5.82 Å². The van der Waals surface area contributed by atoms with Crippen molar-refractivity contribution in [2.24, 2.45) is 0 Å². The van der Waals surface area contributed by atoms with Crippen LogP contribution in [-0.2, 0) is 0 Å². The van der Waals surface area contributed by atoms with E-state index < -0.39 is 5.82 Å². The van der Waals surface area contributed by atoms with E-state index in [0.29, 0.717) is 21.3 Å². The van der Waals surface area contributed by atoms with Gasteiger partial charge in [0.2, 0.25) is 0 Å². The zero-order valence-electron chi connectivity index (χ0n) is 10.8. The van der Waals surface area contributed by atoms with Crippen molar-refractivity contribution in [3.8, 4) is 11.4 Å². The van der Waals surface area contributed by atoms with Crippen molar-refractivity contribution in [2.75, 3.05) is 0 Å². The lowest BCUT2D eigenvalue weighted by Crippen LogP contribution is -1.96. The van der Waals surface area contributed by atoms with Gasteiger partial charge in [0.25, 0.3) is 0 Å². The van der Waals surface area contributed by atoms with E-state index in [9.17, 15) is 4.39 Å². The number of halogens is 4. The zero-order chi connectivity index (χ0) is 15.1. The number of hydrogen-bond acceptors (Lipinski definition) is 2. The molecule has 3 aromatic rings. The summed E-state index contributed by atoms with van der Waals surface area (Å²) >= 11 is 18.1. The average molecular weight is 342 g/mol. The average Bonchev–Trinajstić information content (AvgIpc) is 2.42. The highest BCUT2D eigenvalue weighted by Gasteiger charge is 2.15.